The highest BCUT2D eigenvalue weighted by molar-refractivity contribution is 6.17. The summed E-state index contributed by atoms with van der Waals surface area (Å²) in [6.45, 7) is 0. The molecule has 254 valence electrons. The summed E-state index contributed by atoms with van der Waals surface area (Å²) in [5.74, 6) is 0. The molecule has 55 heavy (non-hydrogen) atoms. The molecule has 3 aromatic heterocycles. The maximum absolute atomic E-state index is 9.69. The Kier molecular flexibility index (Phi) is 6.61. The number of benzene rings is 8. The molecule has 0 unspecified atom stereocenters. The van der Waals surface area contributed by atoms with Crippen LogP contribution in [0.4, 0.5) is 0 Å². The molecule has 0 fully saturated rings. The molecule has 0 aliphatic carbocycles. The summed E-state index contributed by atoms with van der Waals surface area (Å²) in [5, 5.41) is 25.9. The SMILES string of the molecule is N#Cc1ccc2c(c1)c1cc(C#N)ccc1n2-c1cccc(-c2ccccc2-c2cccc(-n3c4ccccc4c4cc5c(cc43)oc3ccccc35)c2)c1. The molecule has 0 saturated heterocycles. The van der Waals surface area contributed by atoms with Gasteiger partial charge in [0, 0.05) is 49.8 Å². The summed E-state index contributed by atoms with van der Waals surface area (Å²) < 4.78 is 10.9. The second-order valence-electron chi connectivity index (χ2n) is 14.0. The summed E-state index contributed by atoms with van der Waals surface area (Å²) in [4.78, 5) is 0. The van der Waals surface area contributed by atoms with Gasteiger partial charge in [0.2, 0.25) is 0 Å². The molecule has 8 aromatic carbocycles. The molecule has 3 heterocycles. The second kappa shape index (κ2) is 11.8. The van der Waals surface area contributed by atoms with Gasteiger partial charge in [0.05, 0.1) is 45.3 Å². The average molecular weight is 701 g/mol. The Morgan fingerprint density at radius 2 is 0.891 bits per heavy atom. The van der Waals surface area contributed by atoms with Gasteiger partial charge in [-0.25, -0.2) is 0 Å². The van der Waals surface area contributed by atoms with Gasteiger partial charge >= 0.3 is 0 Å². The smallest absolute Gasteiger partial charge is 0.137 e. The molecule has 0 aliphatic rings. The number of para-hydroxylation sites is 2. The monoisotopic (exact) mass is 700 g/mol. The van der Waals surface area contributed by atoms with Crippen molar-refractivity contribution in [2.24, 2.45) is 0 Å². The van der Waals surface area contributed by atoms with Crippen LogP contribution >= 0.6 is 0 Å². The van der Waals surface area contributed by atoms with E-state index in [1.54, 1.807) is 0 Å². The van der Waals surface area contributed by atoms with Crippen molar-refractivity contribution in [3.8, 4) is 45.8 Å². The van der Waals surface area contributed by atoms with Crippen molar-refractivity contribution < 1.29 is 4.42 Å². The molecule has 0 amide bonds. The van der Waals surface area contributed by atoms with E-state index in [0.717, 1.165) is 88.4 Å². The van der Waals surface area contributed by atoms with Gasteiger partial charge < -0.3 is 13.6 Å². The van der Waals surface area contributed by atoms with Crippen LogP contribution in [0.5, 0.6) is 0 Å². The lowest BCUT2D eigenvalue weighted by molar-refractivity contribution is 0.669. The molecular weight excluding hydrogens is 673 g/mol. The predicted octanol–water partition coefficient (Wildman–Crippen LogP) is 12.9. The van der Waals surface area contributed by atoms with E-state index in [-0.39, 0.29) is 0 Å². The molecule has 11 aromatic rings. The topological polar surface area (TPSA) is 70.6 Å². The lowest BCUT2D eigenvalue weighted by Gasteiger charge is -2.15. The minimum absolute atomic E-state index is 0.586. The van der Waals surface area contributed by atoms with E-state index in [9.17, 15) is 10.5 Å². The van der Waals surface area contributed by atoms with Crippen molar-refractivity contribution in [1.29, 1.82) is 10.5 Å². The van der Waals surface area contributed by atoms with E-state index < -0.39 is 0 Å². The summed E-state index contributed by atoms with van der Waals surface area (Å²) in [6.07, 6.45) is 0. The highest BCUT2D eigenvalue weighted by atomic mass is 16.3. The van der Waals surface area contributed by atoms with Gasteiger partial charge in [-0.3, -0.25) is 0 Å². The van der Waals surface area contributed by atoms with Crippen molar-refractivity contribution in [3.63, 3.8) is 0 Å². The molecule has 0 atom stereocenters. The normalized spacial score (nSPS) is 11.6. The molecule has 0 spiro atoms. The Balaban J connectivity index is 1.07. The van der Waals surface area contributed by atoms with Crippen LogP contribution < -0.4 is 0 Å². The van der Waals surface area contributed by atoms with Crippen molar-refractivity contribution in [1.82, 2.24) is 9.13 Å². The zero-order valence-electron chi connectivity index (χ0n) is 29.4. The summed E-state index contributed by atoms with van der Waals surface area (Å²) in [7, 11) is 0. The van der Waals surface area contributed by atoms with Gasteiger partial charge in [-0.15, -0.1) is 0 Å². The van der Waals surface area contributed by atoms with Crippen LogP contribution in [0.2, 0.25) is 0 Å². The molecule has 5 nitrogen and oxygen atoms in total. The minimum Gasteiger partial charge on any atom is -0.456 e. The van der Waals surface area contributed by atoms with Crippen LogP contribution in [0.1, 0.15) is 11.1 Å². The zero-order chi connectivity index (χ0) is 36.6. The minimum atomic E-state index is 0.586. The number of nitrogens with zero attached hydrogens (tertiary/aromatic N) is 4. The van der Waals surface area contributed by atoms with Crippen molar-refractivity contribution >= 4 is 65.6 Å². The first kappa shape index (κ1) is 30.7. The van der Waals surface area contributed by atoms with E-state index in [2.05, 4.69) is 143 Å². The fourth-order valence-corrected chi connectivity index (χ4v) is 8.52. The van der Waals surface area contributed by atoms with Crippen molar-refractivity contribution in [2.45, 2.75) is 0 Å². The Morgan fingerprint density at radius 1 is 0.364 bits per heavy atom. The van der Waals surface area contributed by atoms with Crippen LogP contribution in [0, 0.1) is 22.7 Å². The Morgan fingerprint density at radius 3 is 1.53 bits per heavy atom. The Hall–Kier alpha value is -7.86. The Bertz CT molecular complexity index is 3400. The van der Waals surface area contributed by atoms with Gasteiger partial charge in [0.1, 0.15) is 11.2 Å². The number of hydrogen-bond donors (Lipinski definition) is 0. The van der Waals surface area contributed by atoms with Crippen LogP contribution in [0.3, 0.4) is 0 Å². The molecule has 0 aliphatic heterocycles. The fourth-order valence-electron chi connectivity index (χ4n) is 8.52. The third-order valence-electron chi connectivity index (χ3n) is 11.0. The van der Waals surface area contributed by atoms with Gasteiger partial charge in [-0.05, 0) is 101 Å². The van der Waals surface area contributed by atoms with Crippen LogP contribution in [-0.4, -0.2) is 9.13 Å². The highest BCUT2D eigenvalue weighted by Crippen LogP contribution is 2.41. The standard InChI is InChI=1S/C50H28N4O/c51-29-31-19-21-46-41(23-31)42-24-32(30-52)20-22-47(42)53(46)35-11-7-9-33(25-35)37-13-1-2-14-38(37)34-10-8-12-36(26-34)54-45-17-5-3-15-39(45)43-27-44-40-16-4-6-18-49(40)55-50(44)28-48(43)54/h1-28H. The molecular formula is C50H28N4O. The number of nitriles is 2. The van der Waals surface area contributed by atoms with E-state index in [1.807, 2.05) is 48.5 Å². The van der Waals surface area contributed by atoms with Crippen molar-refractivity contribution in [3.05, 3.63) is 181 Å². The largest absolute Gasteiger partial charge is 0.456 e. The lowest BCUT2D eigenvalue weighted by atomic mass is 9.94. The summed E-state index contributed by atoms with van der Waals surface area (Å²) in [6, 6.07) is 63.3. The van der Waals surface area contributed by atoms with Crippen LogP contribution in [0.15, 0.2) is 174 Å². The third kappa shape index (κ3) is 4.64. The van der Waals surface area contributed by atoms with E-state index >= 15 is 0 Å². The maximum atomic E-state index is 9.69. The third-order valence-corrected chi connectivity index (χ3v) is 11.0. The lowest BCUT2D eigenvalue weighted by Crippen LogP contribution is -1.96. The predicted molar refractivity (Wildman–Crippen MR) is 223 cm³/mol. The quantitative estimate of drug-likeness (QED) is 0.183. The molecule has 5 heteroatoms. The first-order chi connectivity index (χ1) is 27.2. The van der Waals surface area contributed by atoms with Crippen molar-refractivity contribution in [2.75, 3.05) is 0 Å². The summed E-state index contributed by atoms with van der Waals surface area (Å²) in [5.41, 5.74) is 13.6. The summed E-state index contributed by atoms with van der Waals surface area (Å²) >= 11 is 0. The number of rotatable bonds is 4. The molecule has 0 saturated carbocycles. The van der Waals surface area contributed by atoms with Crippen LogP contribution in [0.25, 0.3) is 99.2 Å². The molecule has 0 N–H and O–H groups in total. The number of hydrogen-bond acceptors (Lipinski definition) is 3. The van der Waals surface area contributed by atoms with Gasteiger partial charge in [0.15, 0.2) is 0 Å². The Labute approximate surface area is 315 Å². The van der Waals surface area contributed by atoms with Crippen LogP contribution in [-0.2, 0) is 0 Å². The molecule has 0 bridgehead atoms. The van der Waals surface area contributed by atoms with E-state index in [4.69, 9.17) is 4.42 Å². The first-order valence-corrected chi connectivity index (χ1v) is 18.2. The maximum Gasteiger partial charge on any atom is 0.137 e. The molecule has 0 radical (unpaired) electrons. The molecule has 11 rings (SSSR count). The highest BCUT2D eigenvalue weighted by Gasteiger charge is 2.18. The van der Waals surface area contributed by atoms with E-state index in [1.165, 1.54) is 10.8 Å². The number of furan rings is 1. The number of fused-ring (bicyclic) bond motifs is 9. The second-order valence-corrected chi connectivity index (χ2v) is 14.0. The zero-order valence-corrected chi connectivity index (χ0v) is 29.4. The van der Waals surface area contributed by atoms with Gasteiger partial charge in [-0.2, -0.15) is 10.5 Å². The first-order valence-electron chi connectivity index (χ1n) is 18.2. The van der Waals surface area contributed by atoms with Gasteiger partial charge in [-0.1, -0.05) is 84.9 Å². The van der Waals surface area contributed by atoms with Gasteiger partial charge in [0.25, 0.3) is 0 Å². The van der Waals surface area contributed by atoms with E-state index in [0.29, 0.717) is 11.1 Å². The number of aromatic nitrogens is 2. The average Bonchev–Trinajstić information content (AvgIpc) is 3.89. The fraction of sp³-hybridized carbons (Fsp3) is 0.